The molecule has 0 saturated carbocycles. The predicted molar refractivity (Wildman–Crippen MR) is 85.2 cm³/mol. The zero-order chi connectivity index (χ0) is 15.7. The lowest BCUT2D eigenvalue weighted by Crippen LogP contribution is -2.22. The first-order valence-corrected chi connectivity index (χ1v) is 8.31. The number of fused-ring (bicyclic) bond motifs is 1. The first-order valence-electron chi connectivity index (χ1n) is 6.83. The Morgan fingerprint density at radius 3 is 2.59 bits per heavy atom. The summed E-state index contributed by atoms with van der Waals surface area (Å²) in [5.41, 5.74) is 5.92. The summed E-state index contributed by atoms with van der Waals surface area (Å²) in [6, 6.07) is 6.41. The summed E-state index contributed by atoms with van der Waals surface area (Å²) < 4.78 is 26.0. The molecule has 2 aliphatic rings. The van der Waals surface area contributed by atoms with Gasteiger partial charge < -0.3 is 5.73 Å². The maximum absolute atomic E-state index is 13.0. The van der Waals surface area contributed by atoms with Crippen molar-refractivity contribution in [2.24, 2.45) is 11.8 Å². The van der Waals surface area contributed by atoms with Gasteiger partial charge in [-0.3, -0.25) is 0 Å². The Bertz CT molecular complexity index is 884. The Morgan fingerprint density at radius 1 is 1.09 bits per heavy atom. The molecule has 0 radical (unpaired) electrons. The summed E-state index contributed by atoms with van der Waals surface area (Å²) in [4.78, 5) is 0.265. The van der Waals surface area contributed by atoms with Gasteiger partial charge in [0.25, 0.3) is 0 Å². The number of anilines is 1. The topological polar surface area (TPSA) is 83.9 Å². The van der Waals surface area contributed by atoms with Crippen LogP contribution in [0.5, 0.6) is 0 Å². The molecule has 0 fully saturated rings. The molecule has 0 amide bonds. The average molecular weight is 310 g/mol. The van der Waals surface area contributed by atoms with Gasteiger partial charge in [0.1, 0.15) is 6.07 Å². The number of nitriles is 1. The van der Waals surface area contributed by atoms with Crippen LogP contribution < -0.4 is 5.73 Å². The van der Waals surface area contributed by atoms with Crippen LogP contribution in [0.3, 0.4) is 0 Å². The number of hydrogen-bond acceptors (Lipinski definition) is 4. The van der Waals surface area contributed by atoms with E-state index in [1.165, 1.54) is 12.1 Å². The molecule has 2 N–H and O–H groups in total. The fourth-order valence-corrected chi connectivity index (χ4v) is 4.57. The molecule has 0 heterocycles. The maximum Gasteiger partial charge on any atom is 0.204 e. The summed E-state index contributed by atoms with van der Waals surface area (Å²) >= 11 is 0. The molecule has 2 atom stereocenters. The predicted octanol–water partition coefficient (Wildman–Crippen LogP) is 2.73. The van der Waals surface area contributed by atoms with E-state index < -0.39 is 9.84 Å². The first kappa shape index (κ1) is 14.4. The number of nitrogens with two attached hydrogens (primary N) is 1. The molecule has 1 aromatic carbocycles. The molecule has 0 aromatic heterocycles. The second kappa shape index (κ2) is 5.32. The van der Waals surface area contributed by atoms with Gasteiger partial charge in [0, 0.05) is 11.8 Å². The molecule has 22 heavy (non-hydrogen) atoms. The Kier molecular flexibility index (Phi) is 3.47. The smallest absolute Gasteiger partial charge is 0.204 e. The second-order valence-electron chi connectivity index (χ2n) is 5.16. The van der Waals surface area contributed by atoms with E-state index in [2.05, 4.69) is 0 Å². The number of sulfone groups is 1. The highest BCUT2D eigenvalue weighted by molar-refractivity contribution is 7.95. The fraction of sp³-hybridized carbons (Fsp3) is 0.118. The normalized spacial score (nSPS) is 22.8. The third kappa shape index (κ3) is 2.18. The van der Waals surface area contributed by atoms with Crippen molar-refractivity contribution in [2.45, 2.75) is 4.90 Å². The molecule has 0 saturated heterocycles. The second-order valence-corrected chi connectivity index (χ2v) is 7.08. The molecule has 0 bridgehead atoms. The lowest BCUT2D eigenvalue weighted by Gasteiger charge is -2.26. The van der Waals surface area contributed by atoms with Crippen LogP contribution in [-0.2, 0) is 9.84 Å². The molecule has 1 aromatic rings. The molecular formula is C17H14N2O2S. The van der Waals surface area contributed by atoms with Crippen LogP contribution in [-0.4, -0.2) is 8.42 Å². The first-order chi connectivity index (χ1) is 10.6. The quantitative estimate of drug-likeness (QED) is 0.851. The minimum atomic E-state index is -3.78. The minimum absolute atomic E-state index is 0.00448. The Balaban J connectivity index is 2.16. The lowest BCUT2D eigenvalue weighted by atomic mass is 9.85. The van der Waals surface area contributed by atoms with Crippen LogP contribution in [0.25, 0.3) is 0 Å². The molecule has 0 aliphatic heterocycles. The summed E-state index contributed by atoms with van der Waals surface area (Å²) in [5, 5.41) is 9.24. The molecule has 0 spiro atoms. The van der Waals surface area contributed by atoms with E-state index in [0.717, 1.165) is 0 Å². The van der Waals surface area contributed by atoms with E-state index in [1.807, 2.05) is 36.4 Å². The van der Waals surface area contributed by atoms with E-state index in [0.29, 0.717) is 4.91 Å². The van der Waals surface area contributed by atoms with E-state index in [9.17, 15) is 13.7 Å². The monoisotopic (exact) mass is 310 g/mol. The average Bonchev–Trinajstić information content (AvgIpc) is 2.54. The molecule has 2 unspecified atom stereocenters. The Morgan fingerprint density at radius 2 is 1.82 bits per heavy atom. The van der Waals surface area contributed by atoms with Crippen molar-refractivity contribution in [2.75, 3.05) is 5.73 Å². The van der Waals surface area contributed by atoms with Crippen LogP contribution in [0.2, 0.25) is 0 Å². The fourth-order valence-electron chi connectivity index (χ4n) is 2.77. The number of nitrogen functional groups attached to an aromatic ring is 1. The van der Waals surface area contributed by atoms with Gasteiger partial charge in [0.05, 0.1) is 21.1 Å². The van der Waals surface area contributed by atoms with Gasteiger partial charge in [0.2, 0.25) is 9.84 Å². The third-order valence-corrected chi connectivity index (χ3v) is 5.82. The largest absolute Gasteiger partial charge is 0.398 e. The zero-order valence-corrected chi connectivity index (χ0v) is 12.5. The van der Waals surface area contributed by atoms with Gasteiger partial charge >= 0.3 is 0 Å². The minimum Gasteiger partial charge on any atom is -0.398 e. The highest BCUT2D eigenvalue weighted by atomic mass is 32.2. The molecular weight excluding hydrogens is 296 g/mol. The zero-order valence-electron chi connectivity index (χ0n) is 11.7. The van der Waals surface area contributed by atoms with Gasteiger partial charge in [-0.2, -0.15) is 5.26 Å². The number of rotatable bonds is 2. The van der Waals surface area contributed by atoms with Gasteiger partial charge in [-0.15, -0.1) is 0 Å². The standard InChI is InChI=1S/C17H14N2O2S/c18-11-14-15(19)8-4-10-17(14)22(20,21)16-9-3-6-12-5-1-2-7-13(12)16/h1-10,12-13H,19H2. The van der Waals surface area contributed by atoms with Crippen LogP contribution in [0.4, 0.5) is 5.69 Å². The van der Waals surface area contributed by atoms with Gasteiger partial charge in [-0.05, 0) is 18.2 Å². The van der Waals surface area contributed by atoms with E-state index in [1.54, 1.807) is 18.2 Å². The summed E-state index contributed by atoms with van der Waals surface area (Å²) in [6.45, 7) is 0. The van der Waals surface area contributed by atoms with Gasteiger partial charge in [-0.1, -0.05) is 42.5 Å². The molecule has 110 valence electrons. The molecule has 5 heteroatoms. The van der Waals surface area contributed by atoms with E-state index >= 15 is 0 Å². The van der Waals surface area contributed by atoms with Crippen molar-refractivity contribution < 1.29 is 8.42 Å². The van der Waals surface area contributed by atoms with Crippen molar-refractivity contribution >= 4 is 15.5 Å². The van der Waals surface area contributed by atoms with Crippen LogP contribution >= 0.6 is 0 Å². The SMILES string of the molecule is N#Cc1c(N)cccc1S(=O)(=O)C1=CC=CC2C=CC=CC12. The number of allylic oxidation sites excluding steroid dienone is 8. The van der Waals surface area contributed by atoms with Crippen molar-refractivity contribution in [1.29, 1.82) is 5.26 Å². The number of benzene rings is 1. The lowest BCUT2D eigenvalue weighted by molar-refractivity contribution is 0.582. The van der Waals surface area contributed by atoms with Crippen molar-refractivity contribution in [3.63, 3.8) is 0 Å². The van der Waals surface area contributed by atoms with Crippen LogP contribution in [0, 0.1) is 23.2 Å². The van der Waals surface area contributed by atoms with Gasteiger partial charge in [0.15, 0.2) is 0 Å². The molecule has 2 aliphatic carbocycles. The number of nitrogens with zero attached hydrogens (tertiary/aromatic N) is 1. The Labute approximate surface area is 129 Å². The van der Waals surface area contributed by atoms with Crippen molar-refractivity contribution in [3.8, 4) is 6.07 Å². The molecule has 4 nitrogen and oxygen atoms in total. The van der Waals surface area contributed by atoms with Crippen LogP contribution in [0.1, 0.15) is 5.56 Å². The highest BCUT2D eigenvalue weighted by Crippen LogP contribution is 2.38. The van der Waals surface area contributed by atoms with E-state index in [4.69, 9.17) is 5.73 Å². The third-order valence-electron chi connectivity index (χ3n) is 3.87. The number of hydrogen-bond donors (Lipinski definition) is 1. The summed E-state index contributed by atoms with van der Waals surface area (Å²) in [7, 11) is -3.78. The van der Waals surface area contributed by atoms with Crippen LogP contribution in [0.15, 0.2) is 70.5 Å². The highest BCUT2D eigenvalue weighted by Gasteiger charge is 2.33. The van der Waals surface area contributed by atoms with Gasteiger partial charge in [-0.25, -0.2) is 8.42 Å². The molecule has 3 rings (SSSR count). The Hall–Kier alpha value is -2.58. The maximum atomic E-state index is 13.0. The van der Waals surface area contributed by atoms with Crippen molar-refractivity contribution in [3.05, 3.63) is 71.2 Å². The summed E-state index contributed by atoms with van der Waals surface area (Å²) in [6.07, 6.45) is 12.9. The van der Waals surface area contributed by atoms with E-state index in [-0.39, 0.29) is 28.0 Å². The summed E-state index contributed by atoms with van der Waals surface area (Å²) in [5.74, 6) is -0.223. The van der Waals surface area contributed by atoms with Crippen molar-refractivity contribution in [1.82, 2.24) is 0 Å².